The minimum absolute atomic E-state index is 0.0610. The molecule has 0 amide bonds. The van der Waals surface area contributed by atoms with Gasteiger partial charge in [0.15, 0.2) is 11.5 Å². The lowest BCUT2D eigenvalue weighted by Gasteiger charge is -2.18. The van der Waals surface area contributed by atoms with Crippen molar-refractivity contribution in [3.63, 3.8) is 0 Å². The third-order valence-corrected chi connectivity index (χ3v) is 4.60. The average Bonchev–Trinajstić information content (AvgIpc) is 2.98. The van der Waals surface area contributed by atoms with E-state index in [1.807, 2.05) is 25.1 Å². The van der Waals surface area contributed by atoms with Crippen molar-refractivity contribution in [2.75, 3.05) is 19.7 Å². The molecular weight excluding hydrogens is 338 g/mol. The van der Waals surface area contributed by atoms with Gasteiger partial charge in [-0.2, -0.15) is 8.78 Å². The van der Waals surface area contributed by atoms with Crippen molar-refractivity contribution in [1.29, 1.82) is 0 Å². The van der Waals surface area contributed by atoms with E-state index in [0.717, 1.165) is 18.7 Å². The number of rotatable bonds is 7. The van der Waals surface area contributed by atoms with Gasteiger partial charge in [-0.1, -0.05) is 36.4 Å². The second kappa shape index (κ2) is 8.47. The number of alkyl halides is 2. The maximum atomic E-state index is 12.5. The van der Waals surface area contributed by atoms with Gasteiger partial charge in [0.25, 0.3) is 0 Å². The molecule has 3 rings (SSSR count). The highest BCUT2D eigenvalue weighted by atomic mass is 19.3. The van der Waals surface area contributed by atoms with Gasteiger partial charge in [-0.05, 0) is 30.2 Å². The number of nitrogens with two attached hydrogens (primary N) is 1. The molecule has 1 aliphatic heterocycles. The van der Waals surface area contributed by atoms with E-state index in [1.165, 1.54) is 11.6 Å². The first-order valence-electron chi connectivity index (χ1n) is 8.80. The predicted molar refractivity (Wildman–Crippen MR) is 96.7 cm³/mol. The smallest absolute Gasteiger partial charge is 0.387 e. The zero-order valence-electron chi connectivity index (χ0n) is 14.8. The number of nitrogens with zero attached hydrogens (tertiary/aromatic N) is 1. The van der Waals surface area contributed by atoms with Crippen LogP contribution in [0.25, 0.3) is 0 Å². The maximum absolute atomic E-state index is 12.5. The molecular formula is C20H24F2N2O2. The Kier molecular flexibility index (Phi) is 6.06. The maximum Gasteiger partial charge on any atom is 0.387 e. The summed E-state index contributed by atoms with van der Waals surface area (Å²) in [4.78, 5) is 2.28. The van der Waals surface area contributed by atoms with Crippen LogP contribution < -0.4 is 15.2 Å². The highest BCUT2D eigenvalue weighted by Crippen LogP contribution is 2.32. The summed E-state index contributed by atoms with van der Waals surface area (Å²) in [5.41, 5.74) is 8.57. The van der Waals surface area contributed by atoms with Gasteiger partial charge in [0.05, 0.1) is 6.61 Å². The predicted octanol–water partition coefficient (Wildman–Crippen LogP) is 3.61. The lowest BCUT2D eigenvalue weighted by atomic mass is 9.95. The molecule has 2 aromatic rings. The van der Waals surface area contributed by atoms with E-state index in [9.17, 15) is 8.78 Å². The fourth-order valence-electron chi connectivity index (χ4n) is 3.47. The minimum Gasteiger partial charge on any atom is -0.490 e. The van der Waals surface area contributed by atoms with Gasteiger partial charge in [-0.15, -0.1) is 0 Å². The summed E-state index contributed by atoms with van der Waals surface area (Å²) in [7, 11) is 0. The Balaban J connectivity index is 1.70. The first-order chi connectivity index (χ1) is 12.6. The van der Waals surface area contributed by atoms with Crippen LogP contribution in [0, 0.1) is 0 Å². The molecule has 0 bridgehead atoms. The van der Waals surface area contributed by atoms with Crippen molar-refractivity contribution in [3.8, 4) is 11.5 Å². The highest BCUT2D eigenvalue weighted by Gasteiger charge is 2.31. The van der Waals surface area contributed by atoms with Crippen LogP contribution in [0.5, 0.6) is 11.5 Å². The Morgan fingerprint density at radius 1 is 1.12 bits per heavy atom. The summed E-state index contributed by atoms with van der Waals surface area (Å²) in [5, 5.41) is 0. The minimum atomic E-state index is -2.87. The van der Waals surface area contributed by atoms with Crippen LogP contribution in [0.2, 0.25) is 0 Å². The molecule has 0 spiro atoms. The average molecular weight is 362 g/mol. The molecule has 1 saturated heterocycles. The second-order valence-electron chi connectivity index (χ2n) is 6.47. The van der Waals surface area contributed by atoms with E-state index in [0.29, 0.717) is 24.8 Å². The SMILES string of the molecule is CCOc1cc(CN2C[C@@H](N)[C@H](c3ccccc3)C2)ccc1OC(F)F. The number of ether oxygens (including phenoxy) is 2. The van der Waals surface area contributed by atoms with E-state index >= 15 is 0 Å². The Bertz CT molecular complexity index is 712. The van der Waals surface area contributed by atoms with Crippen molar-refractivity contribution in [3.05, 3.63) is 59.7 Å². The molecule has 0 radical (unpaired) electrons. The molecule has 26 heavy (non-hydrogen) atoms. The summed E-state index contributed by atoms with van der Waals surface area (Å²) >= 11 is 0. The van der Waals surface area contributed by atoms with Crippen LogP contribution in [-0.4, -0.2) is 37.2 Å². The molecule has 0 aromatic heterocycles. The molecule has 0 saturated carbocycles. The van der Waals surface area contributed by atoms with Crippen molar-refractivity contribution in [2.24, 2.45) is 5.73 Å². The van der Waals surface area contributed by atoms with Gasteiger partial charge in [0.2, 0.25) is 0 Å². The van der Waals surface area contributed by atoms with Gasteiger partial charge in [0, 0.05) is 31.6 Å². The standard InChI is InChI=1S/C20H24F2N2O2/c1-2-25-19-10-14(8-9-18(19)26-20(21)22)11-24-12-16(17(23)13-24)15-6-4-3-5-7-15/h3-10,16-17,20H,2,11-13,23H2,1H3/t16-,17+/m0/s1. The largest absolute Gasteiger partial charge is 0.490 e. The van der Waals surface area contributed by atoms with Crippen LogP contribution in [-0.2, 0) is 6.54 Å². The molecule has 0 aliphatic carbocycles. The van der Waals surface area contributed by atoms with E-state index in [1.54, 1.807) is 12.1 Å². The molecule has 6 heteroatoms. The molecule has 1 heterocycles. The summed E-state index contributed by atoms with van der Waals surface area (Å²) in [6.07, 6.45) is 0. The lowest BCUT2D eigenvalue weighted by Crippen LogP contribution is -2.28. The summed E-state index contributed by atoms with van der Waals surface area (Å²) in [6, 6.07) is 15.4. The van der Waals surface area contributed by atoms with Crippen molar-refractivity contribution in [1.82, 2.24) is 4.90 Å². The third kappa shape index (κ3) is 4.51. The van der Waals surface area contributed by atoms with Gasteiger partial charge in [-0.3, -0.25) is 4.90 Å². The third-order valence-electron chi connectivity index (χ3n) is 4.60. The van der Waals surface area contributed by atoms with E-state index in [-0.39, 0.29) is 11.8 Å². The normalized spacial score (nSPS) is 20.5. The Morgan fingerprint density at radius 3 is 2.58 bits per heavy atom. The number of hydrogen-bond acceptors (Lipinski definition) is 4. The Hall–Kier alpha value is -2.18. The fourth-order valence-corrected chi connectivity index (χ4v) is 3.47. The van der Waals surface area contributed by atoms with E-state index in [2.05, 4.69) is 21.8 Å². The monoisotopic (exact) mass is 362 g/mol. The van der Waals surface area contributed by atoms with Crippen molar-refractivity contribution >= 4 is 0 Å². The zero-order chi connectivity index (χ0) is 18.5. The van der Waals surface area contributed by atoms with Gasteiger partial charge < -0.3 is 15.2 Å². The molecule has 2 N–H and O–H groups in total. The molecule has 2 aromatic carbocycles. The van der Waals surface area contributed by atoms with Crippen LogP contribution in [0.4, 0.5) is 8.78 Å². The van der Waals surface area contributed by atoms with E-state index in [4.69, 9.17) is 10.5 Å². The first-order valence-corrected chi connectivity index (χ1v) is 8.80. The Labute approximate surface area is 152 Å². The fraction of sp³-hybridized carbons (Fsp3) is 0.400. The quantitative estimate of drug-likeness (QED) is 0.817. The van der Waals surface area contributed by atoms with Crippen molar-refractivity contribution in [2.45, 2.75) is 32.0 Å². The first kappa shape index (κ1) is 18.6. The van der Waals surface area contributed by atoms with Crippen molar-refractivity contribution < 1.29 is 18.3 Å². The molecule has 1 aliphatic rings. The summed E-state index contributed by atoms with van der Waals surface area (Å²) < 4.78 is 35.0. The topological polar surface area (TPSA) is 47.7 Å². The van der Waals surface area contributed by atoms with Gasteiger partial charge in [0.1, 0.15) is 0 Å². The molecule has 4 nitrogen and oxygen atoms in total. The zero-order valence-corrected chi connectivity index (χ0v) is 14.8. The molecule has 1 fully saturated rings. The second-order valence-corrected chi connectivity index (χ2v) is 6.47. The molecule has 2 atom stereocenters. The van der Waals surface area contributed by atoms with Gasteiger partial charge in [-0.25, -0.2) is 0 Å². The Morgan fingerprint density at radius 2 is 1.88 bits per heavy atom. The molecule has 0 unspecified atom stereocenters. The van der Waals surface area contributed by atoms with Crippen LogP contribution >= 0.6 is 0 Å². The van der Waals surface area contributed by atoms with E-state index < -0.39 is 6.61 Å². The number of hydrogen-bond donors (Lipinski definition) is 1. The number of benzene rings is 2. The van der Waals surface area contributed by atoms with Crippen LogP contribution in [0.3, 0.4) is 0 Å². The van der Waals surface area contributed by atoms with Gasteiger partial charge >= 0.3 is 6.61 Å². The summed E-state index contributed by atoms with van der Waals surface area (Å²) in [6.45, 7) is 1.66. The lowest BCUT2D eigenvalue weighted by molar-refractivity contribution is -0.0514. The summed E-state index contributed by atoms with van der Waals surface area (Å²) in [5.74, 6) is 0.697. The van der Waals surface area contributed by atoms with Crippen LogP contribution in [0.15, 0.2) is 48.5 Å². The number of likely N-dealkylation sites (tertiary alicyclic amines) is 1. The number of halogens is 2. The molecule has 140 valence electrons. The van der Waals surface area contributed by atoms with Crippen LogP contribution in [0.1, 0.15) is 24.0 Å². The highest BCUT2D eigenvalue weighted by molar-refractivity contribution is 5.43.